The van der Waals surface area contributed by atoms with Gasteiger partial charge in [0.1, 0.15) is 9.64 Å². The number of hydrogen-bond acceptors (Lipinski definition) is 2. The van der Waals surface area contributed by atoms with Gasteiger partial charge in [-0.2, -0.15) is 0 Å². The van der Waals surface area contributed by atoms with Crippen LogP contribution in [-0.4, -0.2) is 10.8 Å². The lowest BCUT2D eigenvalue weighted by molar-refractivity contribution is 0.104. The Kier molecular flexibility index (Phi) is 4.41. The summed E-state index contributed by atoms with van der Waals surface area (Å²) < 4.78 is -0.160. The number of carbonyl (C=O) groups is 1. The van der Waals surface area contributed by atoms with Crippen molar-refractivity contribution in [3.63, 3.8) is 0 Å². The lowest BCUT2D eigenvalue weighted by Gasteiger charge is -2.03. The largest absolute Gasteiger partial charge is 0.289 e. The number of pyridine rings is 1. The zero-order chi connectivity index (χ0) is 11.6. The first-order valence-corrected chi connectivity index (χ1v) is 5.32. The average molecular weight is 285 g/mol. The maximum atomic E-state index is 11.6. The van der Waals surface area contributed by atoms with Crippen molar-refractivity contribution < 1.29 is 4.79 Å². The van der Waals surface area contributed by atoms with Gasteiger partial charge in [-0.25, -0.2) is 4.98 Å². The van der Waals surface area contributed by atoms with Crippen molar-refractivity contribution in [1.82, 2.24) is 4.98 Å². The summed E-state index contributed by atoms with van der Waals surface area (Å²) in [6.45, 7) is 1.72. The molecule has 2 nitrogen and oxygen atoms in total. The van der Waals surface area contributed by atoms with Crippen LogP contribution in [0.5, 0.6) is 0 Å². The molecule has 15 heavy (non-hydrogen) atoms. The third-order valence-corrected chi connectivity index (χ3v) is 2.33. The monoisotopic (exact) mass is 283 g/mol. The summed E-state index contributed by atoms with van der Waals surface area (Å²) in [6.07, 6.45) is 1.02. The molecule has 80 valence electrons. The molecule has 0 unspecified atom stereocenters. The third-order valence-electron chi connectivity index (χ3n) is 1.54. The summed E-state index contributed by atoms with van der Waals surface area (Å²) in [7, 11) is 0. The molecule has 1 aromatic heterocycles. The van der Waals surface area contributed by atoms with E-state index in [0.717, 1.165) is 6.08 Å². The Labute approximate surface area is 107 Å². The van der Waals surface area contributed by atoms with Crippen molar-refractivity contribution >= 4 is 52.2 Å². The van der Waals surface area contributed by atoms with Crippen LogP contribution in [0.25, 0.3) is 0 Å². The molecular weight excluding hydrogens is 280 g/mol. The van der Waals surface area contributed by atoms with Crippen molar-refractivity contribution in [1.29, 1.82) is 0 Å². The van der Waals surface area contributed by atoms with E-state index in [0.29, 0.717) is 5.69 Å². The molecule has 0 radical (unpaired) electrons. The Morgan fingerprint density at radius 1 is 1.40 bits per heavy atom. The molecule has 6 heteroatoms. The predicted octanol–water partition coefficient (Wildman–Crippen LogP) is 4.20. The molecule has 0 aromatic carbocycles. The molecule has 0 saturated heterocycles. The normalized spacial score (nSPS) is 9.93. The molecule has 0 amide bonds. The third kappa shape index (κ3) is 3.35. The van der Waals surface area contributed by atoms with Crippen molar-refractivity contribution in [3.05, 3.63) is 38.1 Å². The van der Waals surface area contributed by atoms with Gasteiger partial charge in [0.2, 0.25) is 0 Å². The molecule has 0 atom stereocenters. The minimum atomic E-state index is -0.475. The molecule has 0 aliphatic rings. The smallest absolute Gasteiger partial charge is 0.192 e. The second-order valence-corrected chi connectivity index (χ2v) is 4.48. The molecule has 1 rings (SSSR count). The van der Waals surface area contributed by atoms with Crippen LogP contribution >= 0.6 is 46.4 Å². The first-order chi connectivity index (χ1) is 6.91. The molecule has 1 heterocycles. The van der Waals surface area contributed by atoms with Crippen LogP contribution in [0.3, 0.4) is 0 Å². The van der Waals surface area contributed by atoms with Gasteiger partial charge in [-0.3, -0.25) is 4.79 Å². The summed E-state index contributed by atoms with van der Waals surface area (Å²) in [6, 6.07) is 1.54. The summed E-state index contributed by atoms with van der Waals surface area (Å²) >= 11 is 22.3. The highest BCUT2D eigenvalue weighted by molar-refractivity contribution is 6.57. The van der Waals surface area contributed by atoms with E-state index in [1.54, 1.807) is 6.92 Å². The molecular formula is C9H5Cl4NO. The fraction of sp³-hybridized carbons (Fsp3) is 0.111. The second kappa shape index (κ2) is 5.17. The van der Waals surface area contributed by atoms with Crippen LogP contribution in [0.4, 0.5) is 0 Å². The van der Waals surface area contributed by atoms with E-state index in [2.05, 4.69) is 4.98 Å². The number of carbonyl (C=O) groups excluding carboxylic acids is 1. The number of halogens is 4. The first kappa shape index (κ1) is 12.8. The van der Waals surface area contributed by atoms with Crippen molar-refractivity contribution in [3.8, 4) is 0 Å². The number of aromatic nitrogens is 1. The van der Waals surface area contributed by atoms with Gasteiger partial charge in [-0.15, -0.1) is 0 Å². The molecule has 0 aliphatic carbocycles. The molecule has 0 bridgehead atoms. The van der Waals surface area contributed by atoms with E-state index in [1.165, 1.54) is 6.07 Å². The van der Waals surface area contributed by atoms with Crippen molar-refractivity contribution in [2.75, 3.05) is 0 Å². The predicted molar refractivity (Wildman–Crippen MR) is 63.1 cm³/mol. The molecule has 0 fully saturated rings. The minimum Gasteiger partial charge on any atom is -0.289 e. The van der Waals surface area contributed by atoms with Crippen molar-refractivity contribution in [2.24, 2.45) is 0 Å². The van der Waals surface area contributed by atoms with Crippen LogP contribution in [0, 0.1) is 6.92 Å². The Hall–Kier alpha value is -0.280. The van der Waals surface area contributed by atoms with E-state index in [4.69, 9.17) is 46.4 Å². The van der Waals surface area contributed by atoms with Gasteiger partial charge in [0.25, 0.3) is 0 Å². The highest BCUT2D eigenvalue weighted by Gasteiger charge is 2.15. The highest BCUT2D eigenvalue weighted by Crippen LogP contribution is 2.25. The van der Waals surface area contributed by atoms with E-state index >= 15 is 0 Å². The fourth-order valence-corrected chi connectivity index (χ4v) is 1.90. The number of aryl methyl sites for hydroxylation is 1. The number of allylic oxidation sites excluding steroid dienone is 1. The lowest BCUT2D eigenvalue weighted by atomic mass is 10.2. The van der Waals surface area contributed by atoms with E-state index in [9.17, 15) is 4.79 Å². The SMILES string of the molecule is Cc1cc(Cl)c(C(=O)C=C(Cl)Cl)c(Cl)n1. The van der Waals surface area contributed by atoms with Crippen LogP contribution in [-0.2, 0) is 0 Å². The Balaban J connectivity index is 3.26. The van der Waals surface area contributed by atoms with Gasteiger partial charge in [-0.05, 0) is 13.0 Å². The molecule has 0 spiro atoms. The Morgan fingerprint density at radius 2 is 2.00 bits per heavy atom. The minimum absolute atomic E-state index is 0.0378. The van der Waals surface area contributed by atoms with E-state index < -0.39 is 5.78 Å². The second-order valence-electron chi connectivity index (χ2n) is 2.71. The summed E-state index contributed by atoms with van der Waals surface area (Å²) in [5.74, 6) is -0.475. The van der Waals surface area contributed by atoms with Crippen LogP contribution in [0.2, 0.25) is 10.2 Å². The summed E-state index contributed by atoms with van der Waals surface area (Å²) in [5, 5.41) is 0.263. The topological polar surface area (TPSA) is 30.0 Å². The number of ketones is 1. The maximum absolute atomic E-state index is 11.6. The lowest BCUT2D eigenvalue weighted by Crippen LogP contribution is -2.00. The zero-order valence-corrected chi connectivity index (χ0v) is 10.5. The number of nitrogens with zero attached hydrogens (tertiary/aromatic N) is 1. The van der Waals surface area contributed by atoms with Gasteiger partial charge >= 0.3 is 0 Å². The fourth-order valence-electron chi connectivity index (χ4n) is 0.988. The van der Waals surface area contributed by atoms with Gasteiger partial charge in [-0.1, -0.05) is 46.4 Å². The zero-order valence-electron chi connectivity index (χ0n) is 7.52. The highest BCUT2D eigenvalue weighted by atomic mass is 35.5. The molecule has 0 N–H and O–H groups in total. The molecule has 0 saturated carbocycles. The van der Waals surface area contributed by atoms with Crippen molar-refractivity contribution in [2.45, 2.75) is 6.92 Å². The van der Waals surface area contributed by atoms with Gasteiger partial charge in [0, 0.05) is 11.8 Å². The number of hydrogen-bond donors (Lipinski definition) is 0. The van der Waals surface area contributed by atoms with E-state index in [1.807, 2.05) is 0 Å². The van der Waals surface area contributed by atoms with E-state index in [-0.39, 0.29) is 20.2 Å². The quantitative estimate of drug-likeness (QED) is 0.463. The van der Waals surface area contributed by atoms with Crippen LogP contribution < -0.4 is 0 Å². The Morgan fingerprint density at radius 3 is 2.47 bits per heavy atom. The number of rotatable bonds is 2. The van der Waals surface area contributed by atoms with Gasteiger partial charge in [0.05, 0.1) is 10.6 Å². The summed E-state index contributed by atoms with van der Waals surface area (Å²) in [5.41, 5.74) is 0.727. The standard InChI is InChI=1S/C9H5Cl4NO/c1-4-2-5(10)8(9(13)14-4)6(15)3-7(11)12/h2-3H,1H3. The summed E-state index contributed by atoms with van der Waals surface area (Å²) in [4.78, 5) is 15.5. The van der Waals surface area contributed by atoms with Gasteiger partial charge < -0.3 is 0 Å². The Bertz CT molecular complexity index is 415. The van der Waals surface area contributed by atoms with Crippen LogP contribution in [0.15, 0.2) is 16.6 Å². The molecule has 1 aromatic rings. The first-order valence-electron chi connectivity index (χ1n) is 3.81. The maximum Gasteiger partial charge on any atom is 0.192 e. The van der Waals surface area contributed by atoms with Gasteiger partial charge in [0.15, 0.2) is 5.78 Å². The average Bonchev–Trinajstić information content (AvgIpc) is 1.99. The molecule has 0 aliphatic heterocycles. The van der Waals surface area contributed by atoms with Crippen LogP contribution in [0.1, 0.15) is 16.1 Å².